The Balaban J connectivity index is 1.93. The molecule has 0 aliphatic heterocycles. The van der Waals surface area contributed by atoms with Gasteiger partial charge in [-0.2, -0.15) is 0 Å². The number of nitrogens with zero attached hydrogens (tertiary/aromatic N) is 2. The molecule has 5 heteroatoms. The van der Waals surface area contributed by atoms with Crippen LogP contribution in [0.1, 0.15) is 12.0 Å². The van der Waals surface area contributed by atoms with Crippen molar-refractivity contribution in [3.63, 3.8) is 0 Å². The molecule has 2 rings (SSSR count). The van der Waals surface area contributed by atoms with Gasteiger partial charge in [0.2, 0.25) is 0 Å². The zero-order chi connectivity index (χ0) is 13.7. The average Bonchev–Trinajstić information content (AvgIpc) is 2.43. The highest BCUT2D eigenvalue weighted by atomic mass is 16.1. The smallest absolute Gasteiger partial charge is 0.276 e. The summed E-state index contributed by atoms with van der Waals surface area (Å²) in [6, 6.07) is 10.3. The van der Waals surface area contributed by atoms with Crippen LogP contribution in [0.2, 0.25) is 0 Å². The Labute approximate surface area is 112 Å². The molecule has 3 N–H and O–H groups in total. The van der Waals surface area contributed by atoms with Crippen LogP contribution in [-0.4, -0.2) is 23.6 Å². The quantitative estimate of drug-likeness (QED) is 0.850. The summed E-state index contributed by atoms with van der Waals surface area (Å²) in [5.41, 5.74) is 6.91. The number of rotatable bonds is 5. The van der Waals surface area contributed by atoms with Crippen LogP contribution in [0.25, 0.3) is 0 Å². The minimum atomic E-state index is -0.292. The van der Waals surface area contributed by atoms with E-state index in [-0.39, 0.29) is 11.2 Å². The number of nitrogen functional groups attached to an aromatic ring is 1. The second kappa shape index (κ2) is 6.04. The molecular weight excluding hydrogens is 240 g/mol. The maximum atomic E-state index is 11.4. The van der Waals surface area contributed by atoms with E-state index >= 15 is 0 Å². The van der Waals surface area contributed by atoms with Crippen molar-refractivity contribution in [3.8, 4) is 0 Å². The molecule has 0 amide bonds. The van der Waals surface area contributed by atoms with Gasteiger partial charge in [0, 0.05) is 13.6 Å². The van der Waals surface area contributed by atoms with E-state index in [1.807, 2.05) is 30.1 Å². The molecule has 0 radical (unpaired) electrons. The van der Waals surface area contributed by atoms with E-state index in [0.29, 0.717) is 5.82 Å². The molecule has 0 bridgehead atoms. The van der Waals surface area contributed by atoms with Crippen molar-refractivity contribution in [2.45, 2.75) is 12.8 Å². The number of aryl methyl sites for hydroxylation is 1. The first-order chi connectivity index (χ1) is 9.18. The molecule has 100 valence electrons. The first kappa shape index (κ1) is 13.1. The lowest BCUT2D eigenvalue weighted by molar-refractivity contribution is 0.776. The highest BCUT2D eigenvalue weighted by Crippen LogP contribution is 2.13. The number of hydrogen-bond donors (Lipinski definition) is 2. The van der Waals surface area contributed by atoms with E-state index in [4.69, 9.17) is 5.73 Å². The van der Waals surface area contributed by atoms with Gasteiger partial charge < -0.3 is 15.6 Å². The summed E-state index contributed by atoms with van der Waals surface area (Å²) < 4.78 is 0. The van der Waals surface area contributed by atoms with Gasteiger partial charge in [0.1, 0.15) is 5.69 Å². The van der Waals surface area contributed by atoms with Crippen LogP contribution in [0, 0.1) is 0 Å². The molecule has 0 atom stereocenters. The van der Waals surface area contributed by atoms with Crippen molar-refractivity contribution >= 4 is 11.5 Å². The van der Waals surface area contributed by atoms with Gasteiger partial charge in [-0.05, 0) is 18.4 Å². The topological polar surface area (TPSA) is 75.0 Å². The van der Waals surface area contributed by atoms with Crippen molar-refractivity contribution in [2.24, 2.45) is 0 Å². The zero-order valence-corrected chi connectivity index (χ0v) is 11.0. The number of hydrogen-bond acceptors (Lipinski definition) is 4. The molecule has 0 fully saturated rings. The number of aromatic amines is 1. The van der Waals surface area contributed by atoms with E-state index in [2.05, 4.69) is 22.1 Å². The molecule has 1 aromatic heterocycles. The molecule has 5 nitrogen and oxygen atoms in total. The highest BCUT2D eigenvalue weighted by molar-refractivity contribution is 5.60. The summed E-state index contributed by atoms with van der Waals surface area (Å²) in [5.74, 6) is 0.539. The van der Waals surface area contributed by atoms with Gasteiger partial charge >= 0.3 is 0 Å². The second-order valence-electron chi connectivity index (χ2n) is 4.48. The number of H-pyrrole nitrogens is 1. The maximum Gasteiger partial charge on any atom is 0.276 e. The van der Waals surface area contributed by atoms with Gasteiger partial charge in [-0.1, -0.05) is 30.3 Å². The monoisotopic (exact) mass is 258 g/mol. The van der Waals surface area contributed by atoms with Crippen molar-refractivity contribution in [1.82, 2.24) is 9.97 Å². The summed E-state index contributed by atoms with van der Waals surface area (Å²) in [7, 11) is 1.89. The summed E-state index contributed by atoms with van der Waals surface area (Å²) >= 11 is 0. The third kappa shape index (κ3) is 3.34. The van der Waals surface area contributed by atoms with Crippen LogP contribution in [-0.2, 0) is 6.42 Å². The normalized spacial score (nSPS) is 10.4. The van der Waals surface area contributed by atoms with E-state index in [1.165, 1.54) is 11.9 Å². The third-order valence-electron chi connectivity index (χ3n) is 3.03. The Morgan fingerprint density at radius 2 is 2.05 bits per heavy atom. The number of anilines is 2. The van der Waals surface area contributed by atoms with Crippen LogP contribution >= 0.6 is 0 Å². The Hall–Kier alpha value is -2.30. The fourth-order valence-electron chi connectivity index (χ4n) is 1.98. The van der Waals surface area contributed by atoms with Gasteiger partial charge in [0.25, 0.3) is 5.56 Å². The predicted octanol–water partition coefficient (Wildman–Crippen LogP) is 1.42. The molecule has 0 spiro atoms. The molecular formula is C14H18N4O. The summed E-state index contributed by atoms with van der Waals surface area (Å²) in [6.07, 6.45) is 3.35. The van der Waals surface area contributed by atoms with Gasteiger partial charge in [0.15, 0.2) is 5.82 Å². The van der Waals surface area contributed by atoms with Crippen LogP contribution in [0.3, 0.4) is 0 Å². The molecule has 0 unspecified atom stereocenters. The SMILES string of the molecule is CN(CCCc1ccccc1)c1nc[nH]c(=O)c1N. The van der Waals surface area contributed by atoms with Crippen LogP contribution in [0.15, 0.2) is 41.5 Å². The van der Waals surface area contributed by atoms with Gasteiger partial charge in [-0.3, -0.25) is 4.79 Å². The Morgan fingerprint density at radius 3 is 2.79 bits per heavy atom. The first-order valence-corrected chi connectivity index (χ1v) is 6.26. The summed E-state index contributed by atoms with van der Waals surface area (Å²) in [5, 5.41) is 0. The number of aromatic nitrogens is 2. The number of nitrogens with two attached hydrogens (primary N) is 1. The summed E-state index contributed by atoms with van der Waals surface area (Å²) in [4.78, 5) is 19.9. The number of benzene rings is 1. The lowest BCUT2D eigenvalue weighted by Crippen LogP contribution is -2.25. The van der Waals surface area contributed by atoms with E-state index in [9.17, 15) is 4.79 Å². The minimum Gasteiger partial charge on any atom is -0.391 e. The second-order valence-corrected chi connectivity index (χ2v) is 4.48. The van der Waals surface area contributed by atoms with Crippen molar-refractivity contribution in [2.75, 3.05) is 24.2 Å². The van der Waals surface area contributed by atoms with Crippen molar-refractivity contribution in [1.29, 1.82) is 0 Å². The molecule has 1 aromatic carbocycles. The first-order valence-electron chi connectivity index (χ1n) is 6.26. The lowest BCUT2D eigenvalue weighted by atomic mass is 10.1. The van der Waals surface area contributed by atoms with Crippen LogP contribution < -0.4 is 16.2 Å². The lowest BCUT2D eigenvalue weighted by Gasteiger charge is -2.18. The summed E-state index contributed by atoms with van der Waals surface area (Å²) in [6.45, 7) is 0.801. The van der Waals surface area contributed by atoms with Gasteiger partial charge in [0.05, 0.1) is 6.33 Å². The molecule has 1 heterocycles. The van der Waals surface area contributed by atoms with Crippen molar-refractivity contribution in [3.05, 3.63) is 52.6 Å². The number of nitrogens with one attached hydrogen (secondary N) is 1. The largest absolute Gasteiger partial charge is 0.391 e. The van der Waals surface area contributed by atoms with E-state index in [1.54, 1.807) is 0 Å². The third-order valence-corrected chi connectivity index (χ3v) is 3.03. The fraction of sp³-hybridized carbons (Fsp3) is 0.286. The fourth-order valence-corrected chi connectivity index (χ4v) is 1.98. The van der Waals surface area contributed by atoms with Crippen LogP contribution in [0.5, 0.6) is 0 Å². The predicted molar refractivity (Wildman–Crippen MR) is 77.3 cm³/mol. The highest BCUT2D eigenvalue weighted by Gasteiger charge is 2.09. The van der Waals surface area contributed by atoms with Crippen LogP contribution in [0.4, 0.5) is 11.5 Å². The van der Waals surface area contributed by atoms with Crippen molar-refractivity contribution < 1.29 is 0 Å². The molecule has 19 heavy (non-hydrogen) atoms. The van der Waals surface area contributed by atoms with Gasteiger partial charge in [-0.25, -0.2) is 4.98 Å². The van der Waals surface area contributed by atoms with E-state index in [0.717, 1.165) is 19.4 Å². The Morgan fingerprint density at radius 1 is 1.32 bits per heavy atom. The minimum absolute atomic E-state index is 0.171. The van der Waals surface area contributed by atoms with Gasteiger partial charge in [-0.15, -0.1) is 0 Å². The zero-order valence-electron chi connectivity index (χ0n) is 11.0. The van der Waals surface area contributed by atoms with E-state index < -0.39 is 0 Å². The molecule has 0 saturated heterocycles. The Bertz CT molecular complexity index is 579. The maximum absolute atomic E-state index is 11.4. The average molecular weight is 258 g/mol. The molecule has 0 aliphatic rings. The molecule has 2 aromatic rings. The standard InChI is InChI=1S/C14H18N4O/c1-18(13-12(15)14(19)17-10-16-13)9-5-8-11-6-3-2-4-7-11/h2-4,6-7,10H,5,8-9,15H2,1H3,(H,16,17,19). The molecule has 0 saturated carbocycles. The molecule has 0 aliphatic carbocycles. The Kier molecular flexibility index (Phi) is 4.18.